The Bertz CT molecular complexity index is 296. The summed E-state index contributed by atoms with van der Waals surface area (Å²) in [7, 11) is 0. The Morgan fingerprint density at radius 3 is 3.10 bits per heavy atom. The molecule has 0 saturated heterocycles. The molecule has 0 spiro atoms. The Labute approximate surface area is 72.7 Å². The van der Waals surface area contributed by atoms with Gasteiger partial charge in [-0.15, -0.1) is 11.3 Å². The summed E-state index contributed by atoms with van der Waals surface area (Å²) in [6, 6.07) is 0. The van der Waals surface area contributed by atoms with Crippen LogP contribution in [0.4, 0.5) is 0 Å². The molecule has 0 radical (unpaired) electrons. The molecule has 2 heteroatoms. The van der Waals surface area contributed by atoms with E-state index in [1.807, 2.05) is 11.3 Å². The highest BCUT2D eigenvalue weighted by molar-refractivity contribution is 9.10. The lowest BCUT2D eigenvalue weighted by molar-refractivity contribution is 1.20. The van der Waals surface area contributed by atoms with Crippen LogP contribution in [0.15, 0.2) is 15.4 Å². The molecule has 1 heterocycles. The van der Waals surface area contributed by atoms with Gasteiger partial charge in [0.05, 0.1) is 0 Å². The van der Waals surface area contributed by atoms with E-state index in [4.69, 9.17) is 0 Å². The van der Waals surface area contributed by atoms with Crippen LogP contribution >= 0.6 is 27.3 Å². The Morgan fingerprint density at radius 2 is 2.40 bits per heavy atom. The lowest BCUT2D eigenvalue weighted by Gasteiger charge is -1.90. The standard InChI is InChI=1S/C8H7BrS/c1-5-2-6-7(9)4-10-8(6)3-5/h3-4H,2H2,1H3. The molecule has 2 rings (SSSR count). The van der Waals surface area contributed by atoms with Gasteiger partial charge < -0.3 is 0 Å². The van der Waals surface area contributed by atoms with E-state index in [0.717, 1.165) is 6.42 Å². The fourth-order valence-electron chi connectivity index (χ4n) is 1.22. The first-order valence-corrected chi connectivity index (χ1v) is 4.87. The van der Waals surface area contributed by atoms with Crippen LogP contribution < -0.4 is 0 Å². The summed E-state index contributed by atoms with van der Waals surface area (Å²) >= 11 is 5.34. The summed E-state index contributed by atoms with van der Waals surface area (Å²) in [5, 5.41) is 2.16. The van der Waals surface area contributed by atoms with Crippen molar-refractivity contribution in [3.05, 3.63) is 25.9 Å². The average Bonchev–Trinajstić information content (AvgIpc) is 2.35. The highest BCUT2D eigenvalue weighted by Gasteiger charge is 2.13. The maximum absolute atomic E-state index is 3.52. The van der Waals surface area contributed by atoms with Crippen LogP contribution in [-0.4, -0.2) is 0 Å². The van der Waals surface area contributed by atoms with Gasteiger partial charge in [0, 0.05) is 14.7 Å². The molecule has 0 fully saturated rings. The molecule has 0 nitrogen and oxygen atoms in total. The van der Waals surface area contributed by atoms with E-state index in [-0.39, 0.29) is 0 Å². The zero-order valence-corrected chi connectivity index (χ0v) is 8.05. The summed E-state index contributed by atoms with van der Waals surface area (Å²) in [6.07, 6.45) is 3.41. The molecule has 1 aromatic heterocycles. The van der Waals surface area contributed by atoms with Crippen molar-refractivity contribution in [2.24, 2.45) is 0 Å². The van der Waals surface area contributed by atoms with Gasteiger partial charge in [-0.05, 0) is 40.9 Å². The van der Waals surface area contributed by atoms with E-state index in [2.05, 4.69) is 34.3 Å². The maximum Gasteiger partial charge on any atom is 0.0323 e. The van der Waals surface area contributed by atoms with Crippen molar-refractivity contribution < 1.29 is 0 Å². The molecule has 1 aliphatic rings. The van der Waals surface area contributed by atoms with Gasteiger partial charge in [-0.25, -0.2) is 0 Å². The fraction of sp³-hybridized carbons (Fsp3) is 0.250. The Morgan fingerprint density at radius 1 is 1.60 bits per heavy atom. The molecule has 0 aliphatic heterocycles. The molecule has 0 atom stereocenters. The number of thiophene rings is 1. The van der Waals surface area contributed by atoms with Gasteiger partial charge in [0.25, 0.3) is 0 Å². The third-order valence-corrected chi connectivity index (χ3v) is 3.69. The van der Waals surface area contributed by atoms with Crippen LogP contribution in [0.3, 0.4) is 0 Å². The first-order valence-electron chi connectivity index (χ1n) is 3.20. The molecule has 0 aromatic carbocycles. The van der Waals surface area contributed by atoms with Crippen LogP contribution in [0.1, 0.15) is 17.4 Å². The highest BCUT2D eigenvalue weighted by atomic mass is 79.9. The Hall–Kier alpha value is -0.0800. The van der Waals surface area contributed by atoms with Crippen LogP contribution in [0, 0.1) is 0 Å². The molecule has 1 aliphatic carbocycles. The van der Waals surface area contributed by atoms with Gasteiger partial charge >= 0.3 is 0 Å². The molecule has 0 N–H and O–H groups in total. The summed E-state index contributed by atoms with van der Waals surface area (Å²) < 4.78 is 1.28. The zero-order valence-electron chi connectivity index (χ0n) is 5.65. The zero-order chi connectivity index (χ0) is 7.14. The number of hydrogen-bond donors (Lipinski definition) is 0. The van der Waals surface area contributed by atoms with E-state index in [1.165, 1.54) is 20.5 Å². The molecule has 52 valence electrons. The number of hydrogen-bond acceptors (Lipinski definition) is 1. The third kappa shape index (κ3) is 0.867. The quantitative estimate of drug-likeness (QED) is 0.621. The van der Waals surface area contributed by atoms with E-state index in [0.29, 0.717) is 0 Å². The van der Waals surface area contributed by atoms with Crippen molar-refractivity contribution in [1.29, 1.82) is 0 Å². The number of rotatable bonds is 0. The molecule has 0 amide bonds. The van der Waals surface area contributed by atoms with E-state index >= 15 is 0 Å². The Kier molecular flexibility index (Phi) is 1.46. The normalized spacial score (nSPS) is 15.2. The first-order chi connectivity index (χ1) is 4.77. The second kappa shape index (κ2) is 2.21. The van der Waals surface area contributed by atoms with Crippen molar-refractivity contribution in [2.75, 3.05) is 0 Å². The van der Waals surface area contributed by atoms with Gasteiger partial charge in [0.2, 0.25) is 0 Å². The molecule has 10 heavy (non-hydrogen) atoms. The van der Waals surface area contributed by atoms with Crippen molar-refractivity contribution >= 4 is 33.3 Å². The molecule has 1 aromatic rings. The molecule has 0 saturated carbocycles. The number of allylic oxidation sites excluding steroid dienone is 1. The van der Waals surface area contributed by atoms with Crippen molar-refractivity contribution in [1.82, 2.24) is 0 Å². The van der Waals surface area contributed by atoms with Crippen LogP contribution in [0.25, 0.3) is 6.08 Å². The minimum absolute atomic E-state index is 1.14. The third-order valence-electron chi connectivity index (χ3n) is 1.71. The van der Waals surface area contributed by atoms with Gasteiger partial charge in [-0.1, -0.05) is 5.57 Å². The monoisotopic (exact) mass is 214 g/mol. The van der Waals surface area contributed by atoms with Crippen LogP contribution in [-0.2, 0) is 6.42 Å². The predicted molar refractivity (Wildman–Crippen MR) is 49.4 cm³/mol. The first kappa shape index (κ1) is 6.62. The van der Waals surface area contributed by atoms with E-state index < -0.39 is 0 Å². The summed E-state index contributed by atoms with van der Waals surface area (Å²) in [5.74, 6) is 0. The average molecular weight is 215 g/mol. The van der Waals surface area contributed by atoms with E-state index in [9.17, 15) is 0 Å². The fourth-order valence-corrected chi connectivity index (χ4v) is 2.95. The lowest BCUT2D eigenvalue weighted by Crippen LogP contribution is -1.77. The maximum atomic E-state index is 3.52. The lowest BCUT2D eigenvalue weighted by atomic mass is 10.2. The van der Waals surface area contributed by atoms with Crippen molar-refractivity contribution in [2.45, 2.75) is 13.3 Å². The smallest absolute Gasteiger partial charge is 0.0323 e. The minimum Gasteiger partial charge on any atom is -0.143 e. The van der Waals surface area contributed by atoms with Crippen molar-refractivity contribution in [3.8, 4) is 0 Å². The van der Waals surface area contributed by atoms with E-state index in [1.54, 1.807) is 0 Å². The molecular weight excluding hydrogens is 208 g/mol. The molecular formula is C8H7BrS. The number of halogens is 1. The predicted octanol–water partition coefficient (Wildman–Crippen LogP) is 3.47. The van der Waals surface area contributed by atoms with Gasteiger partial charge in [-0.3, -0.25) is 0 Å². The van der Waals surface area contributed by atoms with Crippen LogP contribution in [0.2, 0.25) is 0 Å². The van der Waals surface area contributed by atoms with Crippen molar-refractivity contribution in [3.63, 3.8) is 0 Å². The second-order valence-electron chi connectivity index (χ2n) is 2.59. The second-order valence-corrected chi connectivity index (χ2v) is 4.36. The summed E-state index contributed by atoms with van der Waals surface area (Å²) in [5.41, 5.74) is 2.95. The van der Waals surface area contributed by atoms with Gasteiger partial charge in [-0.2, -0.15) is 0 Å². The summed E-state index contributed by atoms with van der Waals surface area (Å²) in [4.78, 5) is 1.43. The minimum atomic E-state index is 1.14. The topological polar surface area (TPSA) is 0 Å². The molecule has 0 unspecified atom stereocenters. The van der Waals surface area contributed by atoms with Crippen LogP contribution in [0.5, 0.6) is 0 Å². The molecule has 0 bridgehead atoms. The Balaban J connectivity index is 2.56. The van der Waals surface area contributed by atoms with Gasteiger partial charge in [0.15, 0.2) is 0 Å². The SMILES string of the molecule is CC1=Cc2scc(Br)c2C1. The highest BCUT2D eigenvalue weighted by Crippen LogP contribution is 2.35. The summed E-state index contributed by atoms with van der Waals surface area (Å²) in [6.45, 7) is 2.18. The number of fused-ring (bicyclic) bond motifs is 1. The largest absolute Gasteiger partial charge is 0.143 e. The van der Waals surface area contributed by atoms with Gasteiger partial charge in [0.1, 0.15) is 0 Å².